The lowest BCUT2D eigenvalue weighted by Gasteiger charge is -2.04. The van der Waals surface area contributed by atoms with E-state index in [1.165, 1.54) is 5.56 Å². The van der Waals surface area contributed by atoms with Gasteiger partial charge in [0.05, 0.1) is 12.1 Å². The number of rotatable bonds is 4. The average molecular weight is 289 g/mol. The van der Waals surface area contributed by atoms with Gasteiger partial charge in [0.2, 0.25) is 5.91 Å². The standard InChI is InChI=1S/C14H13ClN4O/c15-13-4-3-10(18-19-13)6-14(20)17-12-7-11(12)9-2-1-5-16-8-9/h1-5,8,11-12H,6-7H2,(H,17,20). The van der Waals surface area contributed by atoms with Crippen molar-refractivity contribution in [3.8, 4) is 0 Å². The highest BCUT2D eigenvalue weighted by molar-refractivity contribution is 6.29. The van der Waals surface area contributed by atoms with Gasteiger partial charge in [-0.1, -0.05) is 17.7 Å². The van der Waals surface area contributed by atoms with Gasteiger partial charge in [-0.25, -0.2) is 0 Å². The summed E-state index contributed by atoms with van der Waals surface area (Å²) in [7, 11) is 0. The molecule has 0 saturated heterocycles. The Morgan fingerprint density at radius 2 is 2.25 bits per heavy atom. The molecule has 0 bridgehead atoms. The summed E-state index contributed by atoms with van der Waals surface area (Å²) in [5.74, 6) is 0.335. The number of nitrogens with zero attached hydrogens (tertiary/aromatic N) is 3. The van der Waals surface area contributed by atoms with Crippen LogP contribution >= 0.6 is 11.6 Å². The molecule has 0 radical (unpaired) electrons. The number of amides is 1. The SMILES string of the molecule is O=C(Cc1ccc(Cl)nn1)NC1CC1c1cccnc1. The van der Waals surface area contributed by atoms with E-state index in [1.807, 2.05) is 18.3 Å². The van der Waals surface area contributed by atoms with E-state index in [2.05, 4.69) is 20.5 Å². The zero-order valence-electron chi connectivity index (χ0n) is 10.7. The second kappa shape index (κ2) is 5.54. The number of hydrogen-bond acceptors (Lipinski definition) is 4. The number of aromatic nitrogens is 3. The van der Waals surface area contributed by atoms with Crippen molar-refractivity contribution in [3.05, 3.63) is 53.1 Å². The molecule has 1 fully saturated rings. The van der Waals surface area contributed by atoms with Gasteiger partial charge in [0.1, 0.15) is 0 Å². The Labute approximate surface area is 121 Å². The second-order valence-corrected chi connectivity index (χ2v) is 5.21. The Kier molecular flexibility index (Phi) is 3.60. The largest absolute Gasteiger partial charge is 0.352 e. The van der Waals surface area contributed by atoms with E-state index >= 15 is 0 Å². The van der Waals surface area contributed by atoms with E-state index in [4.69, 9.17) is 11.6 Å². The minimum atomic E-state index is -0.0435. The molecule has 1 N–H and O–H groups in total. The van der Waals surface area contributed by atoms with Crippen LogP contribution in [0.3, 0.4) is 0 Å². The summed E-state index contributed by atoms with van der Waals surface area (Å²) in [5.41, 5.74) is 1.79. The van der Waals surface area contributed by atoms with Crippen LogP contribution in [0.15, 0.2) is 36.7 Å². The molecule has 5 nitrogen and oxygen atoms in total. The Balaban J connectivity index is 1.52. The van der Waals surface area contributed by atoms with Gasteiger partial charge in [0.25, 0.3) is 0 Å². The first-order valence-corrected chi connectivity index (χ1v) is 6.77. The molecule has 6 heteroatoms. The first-order valence-electron chi connectivity index (χ1n) is 6.40. The predicted molar refractivity (Wildman–Crippen MR) is 74.3 cm³/mol. The Morgan fingerprint density at radius 3 is 2.95 bits per heavy atom. The molecule has 1 aliphatic carbocycles. The van der Waals surface area contributed by atoms with Crippen LogP contribution in [-0.4, -0.2) is 27.1 Å². The highest BCUT2D eigenvalue weighted by atomic mass is 35.5. The molecular formula is C14H13ClN4O. The molecule has 1 aliphatic rings. The van der Waals surface area contributed by atoms with Gasteiger partial charge in [-0.3, -0.25) is 9.78 Å². The van der Waals surface area contributed by atoms with Crippen molar-refractivity contribution in [3.63, 3.8) is 0 Å². The molecule has 2 atom stereocenters. The molecule has 3 rings (SSSR count). The van der Waals surface area contributed by atoms with Crippen LogP contribution in [0.4, 0.5) is 0 Å². The quantitative estimate of drug-likeness (QED) is 0.930. The van der Waals surface area contributed by atoms with Crippen molar-refractivity contribution >= 4 is 17.5 Å². The maximum atomic E-state index is 11.9. The van der Waals surface area contributed by atoms with Crippen molar-refractivity contribution in [2.24, 2.45) is 0 Å². The number of halogens is 1. The van der Waals surface area contributed by atoms with Gasteiger partial charge in [-0.2, -0.15) is 5.10 Å². The summed E-state index contributed by atoms with van der Waals surface area (Å²) in [6, 6.07) is 7.49. The second-order valence-electron chi connectivity index (χ2n) is 4.83. The molecule has 0 aromatic carbocycles. The third kappa shape index (κ3) is 3.11. The molecule has 2 unspecified atom stereocenters. The number of carbonyl (C=O) groups excluding carboxylic acids is 1. The number of hydrogen-bond donors (Lipinski definition) is 1. The number of pyridine rings is 1. The van der Waals surface area contributed by atoms with E-state index in [0.29, 0.717) is 16.8 Å². The highest BCUT2D eigenvalue weighted by Gasteiger charge is 2.39. The lowest BCUT2D eigenvalue weighted by Crippen LogP contribution is -2.28. The van der Waals surface area contributed by atoms with Crippen LogP contribution in [0.1, 0.15) is 23.6 Å². The Hall–Kier alpha value is -2.01. The lowest BCUT2D eigenvalue weighted by atomic mass is 10.2. The monoisotopic (exact) mass is 288 g/mol. The molecule has 2 aromatic rings. The van der Waals surface area contributed by atoms with Gasteiger partial charge in [-0.15, -0.1) is 5.10 Å². The molecule has 1 saturated carbocycles. The van der Waals surface area contributed by atoms with Gasteiger partial charge in [0.15, 0.2) is 5.15 Å². The molecule has 0 spiro atoms. The first-order chi connectivity index (χ1) is 9.72. The smallest absolute Gasteiger partial charge is 0.226 e. The molecule has 102 valence electrons. The molecule has 1 amide bonds. The number of nitrogens with one attached hydrogen (secondary N) is 1. The van der Waals surface area contributed by atoms with Crippen molar-refractivity contribution in [2.75, 3.05) is 0 Å². The van der Waals surface area contributed by atoms with Crippen molar-refractivity contribution in [2.45, 2.75) is 24.8 Å². The molecule has 20 heavy (non-hydrogen) atoms. The predicted octanol–water partition coefficient (Wildman–Crippen LogP) is 1.74. The van der Waals surface area contributed by atoms with Crippen molar-refractivity contribution < 1.29 is 4.79 Å². The highest BCUT2D eigenvalue weighted by Crippen LogP contribution is 2.40. The zero-order valence-corrected chi connectivity index (χ0v) is 11.4. The topological polar surface area (TPSA) is 67.8 Å². The fraction of sp³-hybridized carbons (Fsp3) is 0.286. The van der Waals surface area contributed by atoms with E-state index in [0.717, 1.165) is 6.42 Å². The molecule has 0 aliphatic heterocycles. The third-order valence-corrected chi connectivity index (χ3v) is 3.48. The fourth-order valence-corrected chi connectivity index (χ4v) is 2.28. The van der Waals surface area contributed by atoms with Gasteiger partial charge >= 0.3 is 0 Å². The summed E-state index contributed by atoms with van der Waals surface area (Å²) in [6.45, 7) is 0. The number of carbonyl (C=O) groups is 1. The van der Waals surface area contributed by atoms with Crippen molar-refractivity contribution in [1.82, 2.24) is 20.5 Å². The average Bonchev–Trinajstić information content (AvgIpc) is 3.21. The van der Waals surface area contributed by atoms with E-state index in [9.17, 15) is 4.79 Å². The Bertz CT molecular complexity index is 602. The van der Waals surface area contributed by atoms with E-state index < -0.39 is 0 Å². The Morgan fingerprint density at radius 1 is 1.35 bits per heavy atom. The van der Waals surface area contributed by atoms with Crippen LogP contribution in [-0.2, 0) is 11.2 Å². The van der Waals surface area contributed by atoms with E-state index in [1.54, 1.807) is 18.3 Å². The maximum Gasteiger partial charge on any atom is 0.226 e. The van der Waals surface area contributed by atoms with Crippen molar-refractivity contribution in [1.29, 1.82) is 0 Å². The van der Waals surface area contributed by atoms with Crippen LogP contribution in [0, 0.1) is 0 Å². The third-order valence-electron chi connectivity index (χ3n) is 3.28. The van der Waals surface area contributed by atoms with Crippen LogP contribution in [0.25, 0.3) is 0 Å². The van der Waals surface area contributed by atoms with Crippen LogP contribution < -0.4 is 5.32 Å². The van der Waals surface area contributed by atoms with Crippen LogP contribution in [0.5, 0.6) is 0 Å². The summed E-state index contributed by atoms with van der Waals surface area (Å²) < 4.78 is 0. The first kappa shape index (κ1) is 13.0. The summed E-state index contributed by atoms with van der Waals surface area (Å²) in [5, 5.41) is 10.9. The molecule has 2 heterocycles. The molecule has 2 aromatic heterocycles. The minimum absolute atomic E-state index is 0.0435. The lowest BCUT2D eigenvalue weighted by molar-refractivity contribution is -0.120. The zero-order chi connectivity index (χ0) is 13.9. The van der Waals surface area contributed by atoms with Crippen LogP contribution in [0.2, 0.25) is 5.15 Å². The summed E-state index contributed by atoms with van der Waals surface area (Å²) in [6.07, 6.45) is 4.78. The normalized spacial score (nSPS) is 20.4. The fourth-order valence-electron chi connectivity index (χ4n) is 2.18. The summed E-state index contributed by atoms with van der Waals surface area (Å²) >= 11 is 5.65. The summed E-state index contributed by atoms with van der Waals surface area (Å²) in [4.78, 5) is 16.0. The van der Waals surface area contributed by atoms with E-state index in [-0.39, 0.29) is 18.4 Å². The van der Waals surface area contributed by atoms with Gasteiger partial charge in [-0.05, 0) is 30.2 Å². The maximum absolute atomic E-state index is 11.9. The van der Waals surface area contributed by atoms with Gasteiger partial charge < -0.3 is 5.32 Å². The molecular weight excluding hydrogens is 276 g/mol. The van der Waals surface area contributed by atoms with Gasteiger partial charge in [0, 0.05) is 24.4 Å². The minimum Gasteiger partial charge on any atom is -0.352 e.